The Balaban J connectivity index is 2.31. The van der Waals surface area contributed by atoms with Crippen LogP contribution in [-0.2, 0) is 0 Å². The summed E-state index contributed by atoms with van der Waals surface area (Å²) in [5, 5.41) is 5.50. The van der Waals surface area contributed by atoms with E-state index in [1.807, 2.05) is 13.0 Å². The van der Waals surface area contributed by atoms with Crippen LogP contribution in [-0.4, -0.2) is 9.78 Å². The molecule has 142 valence electrons. The van der Waals surface area contributed by atoms with Crippen molar-refractivity contribution in [2.75, 3.05) is 0 Å². The van der Waals surface area contributed by atoms with Gasteiger partial charge in [-0.05, 0) is 56.4 Å². The van der Waals surface area contributed by atoms with Crippen molar-refractivity contribution in [2.24, 2.45) is 0 Å². The van der Waals surface area contributed by atoms with Crippen LogP contribution >= 0.6 is 0 Å². The van der Waals surface area contributed by atoms with Gasteiger partial charge in [0.2, 0.25) is 5.43 Å². The van der Waals surface area contributed by atoms with Crippen molar-refractivity contribution in [3.05, 3.63) is 63.4 Å². The van der Waals surface area contributed by atoms with Crippen molar-refractivity contribution in [1.29, 1.82) is 0 Å². The summed E-state index contributed by atoms with van der Waals surface area (Å²) in [6.07, 6.45) is 4.44. The molecule has 0 spiro atoms. The summed E-state index contributed by atoms with van der Waals surface area (Å²) in [5.74, 6) is 0. The van der Waals surface area contributed by atoms with E-state index in [4.69, 9.17) is 5.10 Å². The Morgan fingerprint density at radius 1 is 1.04 bits per heavy atom. The van der Waals surface area contributed by atoms with Gasteiger partial charge in [0.15, 0.2) is 0 Å². The van der Waals surface area contributed by atoms with E-state index in [2.05, 4.69) is 62.7 Å². The Morgan fingerprint density at radius 3 is 2.48 bits per heavy atom. The average Bonchev–Trinajstić information content (AvgIpc) is 2.65. The van der Waals surface area contributed by atoms with E-state index in [1.54, 1.807) is 0 Å². The third-order valence-electron chi connectivity index (χ3n) is 5.48. The molecule has 1 aromatic heterocycles. The number of aryl methyl sites for hydroxylation is 3. The van der Waals surface area contributed by atoms with Gasteiger partial charge < -0.3 is 0 Å². The fourth-order valence-electron chi connectivity index (χ4n) is 3.97. The van der Waals surface area contributed by atoms with E-state index in [-0.39, 0.29) is 5.43 Å². The molecule has 0 radical (unpaired) electrons. The van der Waals surface area contributed by atoms with Crippen LogP contribution in [0.3, 0.4) is 0 Å². The van der Waals surface area contributed by atoms with Crippen molar-refractivity contribution >= 4 is 10.9 Å². The summed E-state index contributed by atoms with van der Waals surface area (Å²) in [5.41, 5.74) is 6.14. The molecule has 0 aliphatic carbocycles. The molecule has 0 N–H and O–H groups in total. The first-order valence-corrected chi connectivity index (χ1v) is 10.1. The van der Waals surface area contributed by atoms with Gasteiger partial charge in [0.05, 0.1) is 16.9 Å². The number of nitrogens with zero attached hydrogens (tertiary/aromatic N) is 2. The van der Waals surface area contributed by atoms with E-state index in [1.165, 1.54) is 24.0 Å². The molecule has 0 bridgehead atoms. The molecule has 3 heteroatoms. The summed E-state index contributed by atoms with van der Waals surface area (Å²) in [7, 11) is 0. The molecule has 3 nitrogen and oxygen atoms in total. The number of aromatic nitrogens is 2. The van der Waals surface area contributed by atoms with Crippen LogP contribution in [0, 0.1) is 20.8 Å². The fraction of sp³-hybridized carbons (Fsp3) is 0.417. The Kier molecular flexibility index (Phi) is 5.79. The van der Waals surface area contributed by atoms with Crippen LogP contribution in [0.15, 0.2) is 41.2 Å². The van der Waals surface area contributed by atoms with Crippen molar-refractivity contribution in [2.45, 2.75) is 66.3 Å². The summed E-state index contributed by atoms with van der Waals surface area (Å²) >= 11 is 0. The lowest BCUT2D eigenvalue weighted by molar-refractivity contribution is 0.405. The van der Waals surface area contributed by atoms with Crippen LogP contribution in [0.4, 0.5) is 0 Å². The topological polar surface area (TPSA) is 34.9 Å². The lowest BCUT2D eigenvalue weighted by atomic mass is 9.95. The maximum atomic E-state index is 13.1. The van der Waals surface area contributed by atoms with Gasteiger partial charge in [0, 0.05) is 0 Å². The van der Waals surface area contributed by atoms with Gasteiger partial charge in [-0.3, -0.25) is 9.48 Å². The number of hydrogen-bond acceptors (Lipinski definition) is 2. The van der Waals surface area contributed by atoms with E-state index < -0.39 is 0 Å². The predicted octanol–water partition coefficient (Wildman–Crippen LogP) is 6.13. The van der Waals surface area contributed by atoms with Crippen molar-refractivity contribution < 1.29 is 0 Å². The minimum absolute atomic E-state index is 0.0437. The van der Waals surface area contributed by atoms with E-state index >= 15 is 0 Å². The Hall–Kier alpha value is -2.42. The second kappa shape index (κ2) is 8.08. The average molecular weight is 363 g/mol. The first kappa shape index (κ1) is 19.3. The van der Waals surface area contributed by atoms with Gasteiger partial charge >= 0.3 is 0 Å². The van der Waals surface area contributed by atoms with Crippen molar-refractivity contribution in [1.82, 2.24) is 9.78 Å². The van der Waals surface area contributed by atoms with Crippen LogP contribution < -0.4 is 5.43 Å². The molecule has 1 unspecified atom stereocenters. The van der Waals surface area contributed by atoms with Gasteiger partial charge in [0.25, 0.3) is 0 Å². The SMILES string of the molecule is CCCCC(CC)n1nc(C)c(=O)c2c(-c3ccc(C)cc3C)cccc21. The Morgan fingerprint density at radius 2 is 1.81 bits per heavy atom. The van der Waals surface area contributed by atoms with Crippen molar-refractivity contribution in [3.63, 3.8) is 0 Å². The molecule has 0 saturated heterocycles. The summed E-state index contributed by atoms with van der Waals surface area (Å²) < 4.78 is 2.11. The van der Waals surface area contributed by atoms with Gasteiger partial charge in [-0.2, -0.15) is 5.10 Å². The standard InChI is InChI=1S/C24H30N2O/c1-6-8-10-19(7-2)26-22-12-9-11-21(23(22)24(27)18(5)25-26)20-14-13-16(3)15-17(20)4/h9,11-15,19H,6-8,10H2,1-5H3. The second-order valence-electron chi connectivity index (χ2n) is 7.58. The number of benzene rings is 2. The molecule has 0 aliphatic rings. The van der Waals surface area contributed by atoms with E-state index in [0.29, 0.717) is 11.7 Å². The molecule has 0 aliphatic heterocycles. The number of hydrogen-bond donors (Lipinski definition) is 0. The van der Waals surface area contributed by atoms with E-state index in [9.17, 15) is 4.79 Å². The van der Waals surface area contributed by atoms with E-state index in [0.717, 1.165) is 34.9 Å². The summed E-state index contributed by atoms with van der Waals surface area (Å²) in [6, 6.07) is 12.9. The molecule has 0 saturated carbocycles. The molecule has 27 heavy (non-hydrogen) atoms. The van der Waals surface area contributed by atoms with Crippen LogP contribution in [0.2, 0.25) is 0 Å². The van der Waals surface area contributed by atoms with Crippen LogP contribution in [0.1, 0.15) is 62.4 Å². The van der Waals surface area contributed by atoms with Crippen molar-refractivity contribution in [3.8, 4) is 11.1 Å². The van der Waals surface area contributed by atoms with Crippen LogP contribution in [0.25, 0.3) is 22.0 Å². The predicted molar refractivity (Wildman–Crippen MR) is 115 cm³/mol. The molecular formula is C24H30N2O. The molecule has 0 amide bonds. The Labute approximate surface area is 162 Å². The van der Waals surface area contributed by atoms with Gasteiger partial charge in [0.1, 0.15) is 5.69 Å². The molecule has 1 atom stereocenters. The smallest absolute Gasteiger partial charge is 0.211 e. The second-order valence-corrected chi connectivity index (χ2v) is 7.58. The summed E-state index contributed by atoms with van der Waals surface area (Å²) in [4.78, 5) is 13.1. The normalized spacial score (nSPS) is 12.5. The first-order chi connectivity index (χ1) is 13.0. The molecular weight excluding hydrogens is 332 g/mol. The molecule has 3 rings (SSSR count). The molecule has 3 aromatic rings. The number of fused-ring (bicyclic) bond motifs is 1. The molecule has 2 aromatic carbocycles. The zero-order chi connectivity index (χ0) is 19.6. The fourth-order valence-corrected chi connectivity index (χ4v) is 3.97. The highest BCUT2D eigenvalue weighted by Crippen LogP contribution is 2.31. The third kappa shape index (κ3) is 3.69. The lowest BCUT2D eigenvalue weighted by Crippen LogP contribution is -2.21. The molecule has 1 heterocycles. The summed E-state index contributed by atoms with van der Waals surface area (Å²) in [6.45, 7) is 10.5. The quantitative estimate of drug-likeness (QED) is 0.528. The van der Waals surface area contributed by atoms with Gasteiger partial charge in [-0.25, -0.2) is 0 Å². The number of unbranched alkanes of at least 4 members (excludes halogenated alkanes) is 1. The highest BCUT2D eigenvalue weighted by atomic mass is 16.1. The zero-order valence-electron chi connectivity index (χ0n) is 17.2. The third-order valence-corrected chi connectivity index (χ3v) is 5.48. The zero-order valence-corrected chi connectivity index (χ0v) is 17.2. The monoisotopic (exact) mass is 362 g/mol. The minimum Gasteiger partial charge on any atom is -0.287 e. The maximum absolute atomic E-state index is 13.1. The van der Waals surface area contributed by atoms with Crippen LogP contribution in [0.5, 0.6) is 0 Å². The minimum atomic E-state index is 0.0437. The lowest BCUT2D eigenvalue weighted by Gasteiger charge is -2.21. The van der Waals surface area contributed by atoms with Gasteiger partial charge in [-0.1, -0.05) is 62.6 Å². The highest BCUT2D eigenvalue weighted by molar-refractivity contribution is 5.95. The first-order valence-electron chi connectivity index (χ1n) is 10.1. The Bertz CT molecular complexity index is 1020. The highest BCUT2D eigenvalue weighted by Gasteiger charge is 2.18. The maximum Gasteiger partial charge on any atom is 0.211 e. The van der Waals surface area contributed by atoms with Gasteiger partial charge in [-0.15, -0.1) is 0 Å². The number of rotatable bonds is 6. The molecule has 0 fully saturated rings. The largest absolute Gasteiger partial charge is 0.287 e.